The molecule has 0 fully saturated rings. The van der Waals surface area contributed by atoms with Gasteiger partial charge in [-0.1, -0.05) is 12.1 Å². The third-order valence-corrected chi connectivity index (χ3v) is 2.09. The van der Waals surface area contributed by atoms with Crippen molar-refractivity contribution in [1.82, 2.24) is 0 Å². The molecule has 0 spiro atoms. The first-order valence-corrected chi connectivity index (χ1v) is 4.46. The summed E-state index contributed by atoms with van der Waals surface area (Å²) in [5.74, 6) is -0.00400. The topological polar surface area (TPSA) is 66.5 Å². The number of aliphatic hydroxyl groups is 2. The van der Waals surface area contributed by atoms with Crippen LogP contribution in [0.25, 0.3) is 0 Å². The summed E-state index contributed by atoms with van der Waals surface area (Å²) in [5, 5.41) is 18.8. The molecule has 0 saturated heterocycles. The van der Waals surface area contributed by atoms with Gasteiger partial charge in [0.15, 0.2) is 0 Å². The molecule has 2 unspecified atom stereocenters. The Morgan fingerprint density at radius 1 is 1.38 bits per heavy atom. The fraction of sp³-hybridized carbons (Fsp3) is 0.333. The highest BCUT2D eigenvalue weighted by atomic mass is 35.5. The summed E-state index contributed by atoms with van der Waals surface area (Å²) < 4.78 is 0. The highest BCUT2D eigenvalue weighted by Gasteiger charge is 2.16. The largest absolute Gasteiger partial charge is 0.399 e. The summed E-state index contributed by atoms with van der Waals surface area (Å²) in [6, 6.07) is 6.73. The molecule has 1 aromatic carbocycles. The Balaban J connectivity index is 2.82. The molecule has 0 bridgehead atoms. The Kier molecular flexibility index (Phi) is 3.54. The van der Waals surface area contributed by atoms with Crippen LogP contribution in [0.1, 0.15) is 11.7 Å². The van der Waals surface area contributed by atoms with Gasteiger partial charge in [-0.25, -0.2) is 0 Å². The molecule has 0 aromatic heterocycles. The van der Waals surface area contributed by atoms with Gasteiger partial charge in [0, 0.05) is 5.69 Å². The molecule has 0 aliphatic heterocycles. The standard InChI is InChI=1S/C9H12ClNO2/c10-5-8(12)9(13)6-2-1-3-7(11)4-6/h1-4,8-9,12-13H,5,11H2. The summed E-state index contributed by atoms with van der Waals surface area (Å²) in [7, 11) is 0. The lowest BCUT2D eigenvalue weighted by Gasteiger charge is -2.15. The predicted octanol–water partition coefficient (Wildman–Crippen LogP) is 0.902. The van der Waals surface area contributed by atoms with Crippen molar-refractivity contribution in [1.29, 1.82) is 0 Å². The van der Waals surface area contributed by atoms with E-state index in [0.717, 1.165) is 0 Å². The van der Waals surface area contributed by atoms with Crippen LogP contribution in [0.15, 0.2) is 24.3 Å². The van der Waals surface area contributed by atoms with Crippen LogP contribution in [0.3, 0.4) is 0 Å². The second-order valence-electron chi connectivity index (χ2n) is 2.84. The Labute approximate surface area is 81.8 Å². The molecule has 0 aliphatic rings. The van der Waals surface area contributed by atoms with Gasteiger partial charge in [0.2, 0.25) is 0 Å². The minimum absolute atomic E-state index is 0.00400. The molecule has 0 amide bonds. The zero-order chi connectivity index (χ0) is 9.84. The Bertz CT molecular complexity index is 280. The highest BCUT2D eigenvalue weighted by Crippen LogP contribution is 2.19. The molecular formula is C9H12ClNO2. The van der Waals surface area contributed by atoms with Crippen molar-refractivity contribution in [3.63, 3.8) is 0 Å². The van der Waals surface area contributed by atoms with Gasteiger partial charge in [-0.3, -0.25) is 0 Å². The molecule has 0 heterocycles. The van der Waals surface area contributed by atoms with E-state index in [1.807, 2.05) is 0 Å². The molecule has 2 atom stereocenters. The molecular weight excluding hydrogens is 190 g/mol. The Hall–Kier alpha value is -0.770. The minimum Gasteiger partial charge on any atom is -0.399 e. The SMILES string of the molecule is Nc1cccc(C(O)C(O)CCl)c1. The van der Waals surface area contributed by atoms with Gasteiger partial charge in [0.1, 0.15) is 6.10 Å². The number of halogens is 1. The molecule has 3 nitrogen and oxygen atoms in total. The van der Waals surface area contributed by atoms with Gasteiger partial charge in [-0.15, -0.1) is 11.6 Å². The number of nitrogen functional groups attached to an aromatic ring is 1. The number of hydrogen-bond acceptors (Lipinski definition) is 3. The number of nitrogens with two attached hydrogens (primary N) is 1. The number of benzene rings is 1. The maximum Gasteiger partial charge on any atom is 0.106 e. The summed E-state index contributed by atoms with van der Waals surface area (Å²) in [4.78, 5) is 0. The van der Waals surface area contributed by atoms with E-state index >= 15 is 0 Å². The third kappa shape index (κ3) is 2.59. The van der Waals surface area contributed by atoms with Crippen LogP contribution >= 0.6 is 11.6 Å². The summed E-state index contributed by atoms with van der Waals surface area (Å²) in [6.07, 6.45) is -1.93. The van der Waals surface area contributed by atoms with Gasteiger partial charge >= 0.3 is 0 Å². The molecule has 0 radical (unpaired) electrons. The normalized spacial score (nSPS) is 15.3. The molecule has 13 heavy (non-hydrogen) atoms. The van der Waals surface area contributed by atoms with E-state index in [2.05, 4.69) is 0 Å². The zero-order valence-electron chi connectivity index (χ0n) is 7.02. The van der Waals surface area contributed by atoms with Crippen molar-refractivity contribution < 1.29 is 10.2 Å². The third-order valence-electron chi connectivity index (χ3n) is 1.77. The van der Waals surface area contributed by atoms with E-state index < -0.39 is 12.2 Å². The van der Waals surface area contributed by atoms with Gasteiger partial charge in [-0.2, -0.15) is 0 Å². The lowest BCUT2D eigenvalue weighted by atomic mass is 10.1. The van der Waals surface area contributed by atoms with Crippen LogP contribution in [0.4, 0.5) is 5.69 Å². The zero-order valence-corrected chi connectivity index (χ0v) is 7.78. The molecule has 1 rings (SSSR count). The fourth-order valence-corrected chi connectivity index (χ4v) is 1.22. The number of rotatable bonds is 3. The Morgan fingerprint density at radius 3 is 2.62 bits per heavy atom. The van der Waals surface area contributed by atoms with Gasteiger partial charge in [0.25, 0.3) is 0 Å². The van der Waals surface area contributed by atoms with E-state index in [9.17, 15) is 10.2 Å². The van der Waals surface area contributed by atoms with E-state index in [-0.39, 0.29) is 5.88 Å². The molecule has 4 N–H and O–H groups in total. The first-order valence-electron chi connectivity index (χ1n) is 3.92. The van der Waals surface area contributed by atoms with Crippen LogP contribution in [0.2, 0.25) is 0 Å². The van der Waals surface area contributed by atoms with Crippen molar-refractivity contribution in [2.24, 2.45) is 0 Å². The molecule has 1 aromatic rings. The van der Waals surface area contributed by atoms with Gasteiger partial charge in [0.05, 0.1) is 12.0 Å². The van der Waals surface area contributed by atoms with Crippen LogP contribution < -0.4 is 5.73 Å². The number of hydrogen-bond donors (Lipinski definition) is 3. The van der Waals surface area contributed by atoms with Crippen molar-refractivity contribution >= 4 is 17.3 Å². The monoisotopic (exact) mass is 201 g/mol. The van der Waals surface area contributed by atoms with Gasteiger partial charge < -0.3 is 15.9 Å². The van der Waals surface area contributed by atoms with E-state index in [1.54, 1.807) is 24.3 Å². The van der Waals surface area contributed by atoms with Gasteiger partial charge in [-0.05, 0) is 17.7 Å². The average Bonchev–Trinajstić information content (AvgIpc) is 2.15. The van der Waals surface area contributed by atoms with Crippen LogP contribution in [-0.2, 0) is 0 Å². The highest BCUT2D eigenvalue weighted by molar-refractivity contribution is 6.18. The summed E-state index contributed by atoms with van der Waals surface area (Å²) >= 11 is 5.40. The van der Waals surface area contributed by atoms with E-state index in [0.29, 0.717) is 11.3 Å². The second-order valence-corrected chi connectivity index (χ2v) is 3.15. The summed E-state index contributed by atoms with van der Waals surface area (Å²) in [6.45, 7) is 0. The van der Waals surface area contributed by atoms with Crippen LogP contribution in [0.5, 0.6) is 0 Å². The van der Waals surface area contributed by atoms with E-state index in [4.69, 9.17) is 17.3 Å². The van der Waals surface area contributed by atoms with Crippen LogP contribution in [-0.4, -0.2) is 22.2 Å². The summed E-state index contributed by atoms with van der Waals surface area (Å²) in [5.41, 5.74) is 6.64. The minimum atomic E-state index is -0.971. The van der Waals surface area contributed by atoms with Crippen molar-refractivity contribution in [2.45, 2.75) is 12.2 Å². The number of aliphatic hydroxyl groups excluding tert-OH is 2. The first kappa shape index (κ1) is 10.3. The number of anilines is 1. The average molecular weight is 202 g/mol. The predicted molar refractivity (Wildman–Crippen MR) is 52.5 cm³/mol. The lowest BCUT2D eigenvalue weighted by molar-refractivity contribution is 0.0327. The van der Waals surface area contributed by atoms with Crippen LogP contribution in [0, 0.1) is 0 Å². The van der Waals surface area contributed by atoms with E-state index in [1.165, 1.54) is 0 Å². The second kappa shape index (κ2) is 4.46. The quantitative estimate of drug-likeness (QED) is 0.503. The maximum absolute atomic E-state index is 9.52. The maximum atomic E-state index is 9.52. The number of alkyl halides is 1. The van der Waals surface area contributed by atoms with Crippen molar-refractivity contribution in [2.75, 3.05) is 11.6 Å². The molecule has 0 saturated carbocycles. The Morgan fingerprint density at radius 2 is 2.08 bits per heavy atom. The smallest absolute Gasteiger partial charge is 0.106 e. The fourth-order valence-electron chi connectivity index (χ4n) is 1.05. The van der Waals surface area contributed by atoms with Crippen molar-refractivity contribution in [3.8, 4) is 0 Å². The first-order chi connectivity index (χ1) is 6.15. The molecule has 0 aliphatic carbocycles. The molecule has 72 valence electrons. The lowest BCUT2D eigenvalue weighted by Crippen LogP contribution is -2.19. The molecule has 4 heteroatoms. The van der Waals surface area contributed by atoms with Crippen molar-refractivity contribution in [3.05, 3.63) is 29.8 Å².